The number of carbonyl (C=O) groups is 1. The van der Waals surface area contributed by atoms with Crippen LogP contribution in [-0.2, 0) is 4.74 Å². The van der Waals surface area contributed by atoms with E-state index < -0.39 is 5.97 Å². The van der Waals surface area contributed by atoms with Gasteiger partial charge < -0.3 is 15.2 Å². The number of pyridine rings is 1. The normalized spacial score (nSPS) is 10.1. The summed E-state index contributed by atoms with van der Waals surface area (Å²) in [5, 5.41) is 0. The monoisotopic (exact) mass is 290 g/mol. The molecule has 0 saturated heterocycles. The van der Waals surface area contributed by atoms with Crippen LogP contribution in [0.1, 0.15) is 10.4 Å². The second kappa shape index (κ2) is 6.29. The summed E-state index contributed by atoms with van der Waals surface area (Å²) in [7, 11) is 1.30. The third-order valence-electron chi connectivity index (χ3n) is 2.60. The van der Waals surface area contributed by atoms with Gasteiger partial charge >= 0.3 is 5.97 Å². The second-order valence-corrected chi connectivity index (χ2v) is 4.70. The minimum absolute atomic E-state index is 0.235. The lowest BCUT2D eigenvalue weighted by atomic mass is 10.2. The number of rotatable bonds is 4. The van der Waals surface area contributed by atoms with E-state index in [1.807, 2.05) is 30.5 Å². The molecule has 0 spiro atoms. The van der Waals surface area contributed by atoms with Gasteiger partial charge in [-0.15, -0.1) is 11.8 Å². The van der Waals surface area contributed by atoms with Crippen LogP contribution in [0.15, 0.2) is 41.4 Å². The Balaban J connectivity index is 2.32. The first-order chi connectivity index (χ1) is 9.65. The molecule has 1 aromatic carbocycles. The first kappa shape index (κ1) is 14.2. The average molecular weight is 290 g/mol. The van der Waals surface area contributed by atoms with E-state index in [0.717, 1.165) is 4.90 Å². The van der Waals surface area contributed by atoms with Crippen LogP contribution in [0.25, 0.3) is 0 Å². The smallest absolute Gasteiger partial charge is 0.340 e. The molecule has 5 nitrogen and oxygen atoms in total. The Morgan fingerprint density at radius 1 is 1.35 bits per heavy atom. The Morgan fingerprint density at radius 3 is 2.80 bits per heavy atom. The molecule has 1 aromatic heterocycles. The highest BCUT2D eigenvalue weighted by molar-refractivity contribution is 7.98. The van der Waals surface area contributed by atoms with Crippen molar-refractivity contribution >= 4 is 23.4 Å². The second-order valence-electron chi connectivity index (χ2n) is 3.85. The van der Waals surface area contributed by atoms with Crippen LogP contribution in [0.2, 0.25) is 0 Å². The molecule has 2 rings (SSSR count). The number of ether oxygens (including phenoxy) is 2. The minimum Gasteiger partial charge on any atom is -0.465 e. The number of methoxy groups -OCH3 is 1. The van der Waals surface area contributed by atoms with E-state index in [-0.39, 0.29) is 11.3 Å². The predicted octanol–water partition coefficient (Wildman–Crippen LogP) is 2.96. The van der Waals surface area contributed by atoms with Gasteiger partial charge in [0.2, 0.25) is 5.88 Å². The Bertz CT molecular complexity index is 632. The molecular formula is C14H14N2O3S. The van der Waals surface area contributed by atoms with Crippen LogP contribution in [0.5, 0.6) is 11.6 Å². The molecule has 20 heavy (non-hydrogen) atoms. The van der Waals surface area contributed by atoms with Gasteiger partial charge in [-0.25, -0.2) is 9.78 Å². The molecule has 0 saturated carbocycles. The van der Waals surface area contributed by atoms with Gasteiger partial charge in [-0.3, -0.25) is 0 Å². The fourth-order valence-corrected chi connectivity index (χ4v) is 2.13. The van der Waals surface area contributed by atoms with Gasteiger partial charge in [0.1, 0.15) is 5.75 Å². The highest BCUT2D eigenvalue weighted by Crippen LogP contribution is 2.31. The van der Waals surface area contributed by atoms with Gasteiger partial charge in [0, 0.05) is 11.0 Å². The van der Waals surface area contributed by atoms with Crippen LogP contribution in [0, 0.1) is 0 Å². The van der Waals surface area contributed by atoms with Gasteiger partial charge in [-0.05, 0) is 18.4 Å². The lowest BCUT2D eigenvalue weighted by Crippen LogP contribution is -2.06. The Labute approximate surface area is 121 Å². The molecule has 0 fully saturated rings. The number of thioether (sulfide) groups is 1. The van der Waals surface area contributed by atoms with Crippen LogP contribution in [0.4, 0.5) is 5.69 Å². The maximum atomic E-state index is 11.6. The number of hydrogen-bond acceptors (Lipinski definition) is 6. The Kier molecular flexibility index (Phi) is 4.47. The Morgan fingerprint density at radius 2 is 2.10 bits per heavy atom. The molecule has 104 valence electrons. The number of hydrogen-bond donors (Lipinski definition) is 1. The maximum Gasteiger partial charge on any atom is 0.340 e. The SMILES string of the molecule is COC(=O)c1cc(Oc2ccccc2SC)ncc1N. The van der Waals surface area contributed by atoms with Crippen LogP contribution in [0.3, 0.4) is 0 Å². The summed E-state index contributed by atoms with van der Waals surface area (Å²) in [5.74, 6) is 0.446. The van der Waals surface area contributed by atoms with Crippen molar-refractivity contribution in [2.24, 2.45) is 0 Å². The topological polar surface area (TPSA) is 74.4 Å². The van der Waals surface area contributed by atoms with Crippen molar-refractivity contribution in [3.63, 3.8) is 0 Å². The first-order valence-corrected chi connectivity index (χ1v) is 7.03. The molecule has 2 N–H and O–H groups in total. The zero-order valence-corrected chi connectivity index (χ0v) is 11.9. The number of nitrogen functional groups attached to an aromatic ring is 1. The predicted molar refractivity (Wildman–Crippen MR) is 78.3 cm³/mol. The van der Waals surface area contributed by atoms with E-state index in [4.69, 9.17) is 10.5 Å². The van der Waals surface area contributed by atoms with Gasteiger partial charge in [-0.1, -0.05) is 12.1 Å². The van der Waals surface area contributed by atoms with Gasteiger partial charge in [-0.2, -0.15) is 0 Å². The summed E-state index contributed by atoms with van der Waals surface area (Å²) in [6, 6.07) is 9.04. The molecule has 0 bridgehead atoms. The summed E-state index contributed by atoms with van der Waals surface area (Å²) >= 11 is 1.56. The van der Waals surface area contributed by atoms with Crippen molar-refractivity contribution in [1.29, 1.82) is 0 Å². The van der Waals surface area contributed by atoms with Crippen molar-refractivity contribution in [3.8, 4) is 11.6 Å². The maximum absolute atomic E-state index is 11.6. The third-order valence-corrected chi connectivity index (χ3v) is 3.38. The lowest BCUT2D eigenvalue weighted by Gasteiger charge is -2.10. The van der Waals surface area contributed by atoms with E-state index in [1.54, 1.807) is 11.8 Å². The number of nitrogens with two attached hydrogens (primary N) is 1. The summed E-state index contributed by atoms with van der Waals surface area (Å²) in [5.41, 5.74) is 6.18. The van der Waals surface area contributed by atoms with E-state index in [1.165, 1.54) is 19.4 Å². The molecule has 0 unspecified atom stereocenters. The van der Waals surface area contributed by atoms with Crippen LogP contribution in [-0.4, -0.2) is 24.3 Å². The molecule has 1 heterocycles. The number of para-hydroxylation sites is 1. The molecule has 0 aliphatic heterocycles. The summed E-state index contributed by atoms with van der Waals surface area (Å²) < 4.78 is 10.4. The molecule has 2 aromatic rings. The summed E-state index contributed by atoms with van der Waals surface area (Å²) in [4.78, 5) is 16.6. The van der Waals surface area contributed by atoms with Crippen LogP contribution < -0.4 is 10.5 Å². The molecule has 0 aliphatic carbocycles. The third kappa shape index (κ3) is 3.03. The van der Waals surface area contributed by atoms with E-state index >= 15 is 0 Å². The standard InChI is InChI=1S/C14H14N2O3S/c1-18-14(17)9-7-13(16-8-10(9)15)19-11-5-3-4-6-12(11)20-2/h3-8H,15H2,1-2H3. The molecular weight excluding hydrogens is 276 g/mol. The molecule has 0 radical (unpaired) electrons. The largest absolute Gasteiger partial charge is 0.465 e. The van der Waals surface area contributed by atoms with Crippen molar-refractivity contribution in [2.45, 2.75) is 4.90 Å². The first-order valence-electron chi connectivity index (χ1n) is 5.80. The zero-order chi connectivity index (χ0) is 14.5. The zero-order valence-electron chi connectivity index (χ0n) is 11.1. The molecule has 0 atom stereocenters. The van der Waals surface area contributed by atoms with Crippen molar-refractivity contribution in [2.75, 3.05) is 19.1 Å². The highest BCUT2D eigenvalue weighted by atomic mass is 32.2. The van der Waals surface area contributed by atoms with Crippen molar-refractivity contribution < 1.29 is 14.3 Å². The van der Waals surface area contributed by atoms with Crippen molar-refractivity contribution in [1.82, 2.24) is 4.98 Å². The number of nitrogens with zero attached hydrogens (tertiary/aromatic N) is 1. The highest BCUT2D eigenvalue weighted by Gasteiger charge is 2.13. The number of carbonyl (C=O) groups excluding carboxylic acids is 1. The van der Waals surface area contributed by atoms with E-state index in [9.17, 15) is 4.79 Å². The Hall–Kier alpha value is -2.21. The summed E-state index contributed by atoms with van der Waals surface area (Å²) in [6.07, 6.45) is 3.34. The lowest BCUT2D eigenvalue weighted by molar-refractivity contribution is 0.0601. The molecule has 0 amide bonds. The van der Waals surface area contributed by atoms with Gasteiger partial charge in [0.05, 0.1) is 24.6 Å². The molecule has 0 aliphatic rings. The average Bonchev–Trinajstić information content (AvgIpc) is 2.49. The van der Waals surface area contributed by atoms with Gasteiger partial charge in [0.15, 0.2) is 0 Å². The number of anilines is 1. The van der Waals surface area contributed by atoms with E-state index in [2.05, 4.69) is 9.72 Å². The fourth-order valence-electron chi connectivity index (χ4n) is 1.61. The number of aromatic nitrogens is 1. The number of esters is 1. The quantitative estimate of drug-likeness (QED) is 0.689. The van der Waals surface area contributed by atoms with Gasteiger partial charge in [0.25, 0.3) is 0 Å². The van der Waals surface area contributed by atoms with Crippen molar-refractivity contribution in [3.05, 3.63) is 42.1 Å². The van der Waals surface area contributed by atoms with Crippen LogP contribution >= 0.6 is 11.8 Å². The minimum atomic E-state index is -0.520. The molecule has 6 heteroatoms. The summed E-state index contributed by atoms with van der Waals surface area (Å²) in [6.45, 7) is 0. The fraction of sp³-hybridized carbons (Fsp3) is 0.143. The van der Waals surface area contributed by atoms with E-state index in [0.29, 0.717) is 11.6 Å². The number of benzene rings is 1.